The summed E-state index contributed by atoms with van der Waals surface area (Å²) in [6.45, 7) is 4.15. The molecule has 1 aromatic heterocycles. The van der Waals surface area contributed by atoms with Gasteiger partial charge in [0.15, 0.2) is 0 Å². The molecule has 0 amide bonds. The number of hydrogen-bond donors (Lipinski definition) is 1. The average Bonchev–Trinajstić information content (AvgIpc) is 1.85. The fourth-order valence-corrected chi connectivity index (χ4v) is 1.47. The maximum atomic E-state index is 10.7. The minimum Gasteiger partial charge on any atom is -0.300 e. The Balaban J connectivity index is 0.00000121. The second-order valence-corrected chi connectivity index (χ2v) is 4.02. The molecule has 0 bridgehead atoms. The fraction of sp³-hybridized carbons (Fsp3) is 0.500. The third-order valence-corrected chi connectivity index (χ3v) is 1.97. The predicted octanol–water partition coefficient (Wildman–Crippen LogP) is 1.91. The standard InChI is InChI=1S/C7H10N2OS.CH4/c1-5(2)11-6-3-4-8-7(10)9-6;/h3-5H,1-2H3,(H,8,9,10);1H4. The lowest BCUT2D eigenvalue weighted by Gasteiger charge is -2.01. The number of rotatable bonds is 2. The van der Waals surface area contributed by atoms with Gasteiger partial charge < -0.3 is 4.98 Å². The number of aromatic nitrogens is 2. The van der Waals surface area contributed by atoms with E-state index in [4.69, 9.17) is 0 Å². The van der Waals surface area contributed by atoms with Crippen LogP contribution in [0.1, 0.15) is 21.3 Å². The highest BCUT2D eigenvalue weighted by molar-refractivity contribution is 7.99. The molecule has 0 spiro atoms. The number of aromatic amines is 1. The first kappa shape index (κ1) is 11.2. The van der Waals surface area contributed by atoms with Gasteiger partial charge in [-0.2, -0.15) is 0 Å². The molecule has 1 rings (SSSR count). The number of nitrogens with one attached hydrogen (secondary N) is 1. The highest BCUT2D eigenvalue weighted by atomic mass is 32.2. The van der Waals surface area contributed by atoms with Crippen molar-refractivity contribution in [1.82, 2.24) is 9.97 Å². The number of hydrogen-bond acceptors (Lipinski definition) is 3. The molecule has 0 atom stereocenters. The first-order valence-electron chi connectivity index (χ1n) is 3.40. The monoisotopic (exact) mass is 186 g/mol. The van der Waals surface area contributed by atoms with Crippen molar-refractivity contribution in [3.8, 4) is 0 Å². The van der Waals surface area contributed by atoms with Crippen LogP contribution in [0.2, 0.25) is 0 Å². The van der Waals surface area contributed by atoms with Gasteiger partial charge in [0, 0.05) is 11.4 Å². The topological polar surface area (TPSA) is 45.8 Å². The molecule has 0 aliphatic carbocycles. The van der Waals surface area contributed by atoms with Crippen LogP contribution < -0.4 is 5.69 Å². The van der Waals surface area contributed by atoms with Gasteiger partial charge in [-0.25, -0.2) is 9.78 Å². The number of nitrogens with zero attached hydrogens (tertiary/aromatic N) is 1. The minimum atomic E-state index is -0.282. The van der Waals surface area contributed by atoms with Gasteiger partial charge in [-0.05, 0) is 6.07 Å². The lowest BCUT2D eigenvalue weighted by Crippen LogP contribution is -2.09. The Labute approximate surface area is 76.6 Å². The molecule has 0 aromatic carbocycles. The quantitative estimate of drug-likeness (QED) is 0.567. The Morgan fingerprint density at radius 2 is 2.25 bits per heavy atom. The van der Waals surface area contributed by atoms with Crippen molar-refractivity contribution in [3.05, 3.63) is 22.7 Å². The van der Waals surface area contributed by atoms with Crippen LogP contribution in [0.3, 0.4) is 0 Å². The summed E-state index contributed by atoms with van der Waals surface area (Å²) in [5.74, 6) is 0. The maximum absolute atomic E-state index is 10.7. The summed E-state index contributed by atoms with van der Waals surface area (Å²) in [5.41, 5.74) is -0.282. The van der Waals surface area contributed by atoms with Gasteiger partial charge in [0.1, 0.15) is 0 Å². The first-order chi connectivity index (χ1) is 5.18. The third kappa shape index (κ3) is 3.57. The Morgan fingerprint density at radius 3 is 2.75 bits per heavy atom. The summed E-state index contributed by atoms with van der Waals surface area (Å²) in [6, 6.07) is 1.80. The van der Waals surface area contributed by atoms with Crippen molar-refractivity contribution < 1.29 is 0 Å². The molecule has 4 heteroatoms. The maximum Gasteiger partial charge on any atom is 0.345 e. The van der Waals surface area contributed by atoms with Crippen molar-refractivity contribution in [2.45, 2.75) is 31.6 Å². The lowest BCUT2D eigenvalue weighted by atomic mass is 10.6. The highest BCUT2D eigenvalue weighted by Gasteiger charge is 1.97. The summed E-state index contributed by atoms with van der Waals surface area (Å²) in [5, 5.41) is 1.35. The van der Waals surface area contributed by atoms with Crippen LogP contribution in [0.15, 0.2) is 22.1 Å². The van der Waals surface area contributed by atoms with Crippen molar-refractivity contribution in [3.63, 3.8) is 0 Å². The average molecular weight is 186 g/mol. The first-order valence-corrected chi connectivity index (χ1v) is 4.28. The molecule has 1 N–H and O–H groups in total. The lowest BCUT2D eigenvalue weighted by molar-refractivity contribution is 0.970. The van der Waals surface area contributed by atoms with Crippen LogP contribution in [0.4, 0.5) is 0 Å². The van der Waals surface area contributed by atoms with Crippen LogP contribution in [0.25, 0.3) is 0 Å². The van der Waals surface area contributed by atoms with E-state index in [9.17, 15) is 4.79 Å². The molecule has 1 heterocycles. The van der Waals surface area contributed by atoms with Crippen molar-refractivity contribution in [2.75, 3.05) is 0 Å². The Hall–Kier alpha value is -0.770. The molecule has 0 unspecified atom stereocenters. The van der Waals surface area contributed by atoms with E-state index < -0.39 is 0 Å². The SMILES string of the molecule is C.CC(C)Sc1ccnc(=O)[nH]1. The second-order valence-electron chi connectivity index (χ2n) is 2.41. The van der Waals surface area contributed by atoms with Gasteiger partial charge in [0.2, 0.25) is 0 Å². The van der Waals surface area contributed by atoms with Gasteiger partial charge in [-0.1, -0.05) is 21.3 Å². The zero-order chi connectivity index (χ0) is 8.27. The smallest absolute Gasteiger partial charge is 0.300 e. The number of H-pyrrole nitrogens is 1. The normalized spacial score (nSPS) is 9.58. The number of thioether (sulfide) groups is 1. The summed E-state index contributed by atoms with van der Waals surface area (Å²) in [6.07, 6.45) is 1.52. The van der Waals surface area contributed by atoms with Crippen LogP contribution >= 0.6 is 11.8 Å². The van der Waals surface area contributed by atoms with Gasteiger partial charge in [0.05, 0.1) is 5.03 Å². The summed E-state index contributed by atoms with van der Waals surface area (Å²) >= 11 is 1.62. The Bertz CT molecular complexity index is 282. The van der Waals surface area contributed by atoms with Crippen molar-refractivity contribution >= 4 is 11.8 Å². The zero-order valence-electron chi connectivity index (χ0n) is 6.50. The summed E-state index contributed by atoms with van der Waals surface area (Å²) in [4.78, 5) is 16.8. The van der Waals surface area contributed by atoms with E-state index in [1.54, 1.807) is 17.8 Å². The Kier molecular flexibility index (Phi) is 4.66. The molecule has 0 fully saturated rings. The van der Waals surface area contributed by atoms with Crippen LogP contribution in [-0.2, 0) is 0 Å². The molecular formula is C8H14N2OS. The van der Waals surface area contributed by atoms with E-state index in [0.717, 1.165) is 5.03 Å². The molecule has 0 saturated carbocycles. The molecule has 3 nitrogen and oxygen atoms in total. The molecule has 0 aliphatic rings. The third-order valence-electron chi connectivity index (χ3n) is 1.01. The van der Waals surface area contributed by atoms with Crippen LogP contribution in [-0.4, -0.2) is 15.2 Å². The predicted molar refractivity (Wildman–Crippen MR) is 52.6 cm³/mol. The van der Waals surface area contributed by atoms with E-state index in [-0.39, 0.29) is 13.1 Å². The van der Waals surface area contributed by atoms with E-state index >= 15 is 0 Å². The molecule has 0 saturated heterocycles. The molecule has 12 heavy (non-hydrogen) atoms. The fourth-order valence-electron chi connectivity index (χ4n) is 0.675. The minimum absolute atomic E-state index is 0. The summed E-state index contributed by atoms with van der Waals surface area (Å²) < 4.78 is 0. The molecule has 1 aromatic rings. The van der Waals surface area contributed by atoms with E-state index in [1.165, 1.54) is 6.20 Å². The highest BCUT2D eigenvalue weighted by Crippen LogP contribution is 2.17. The van der Waals surface area contributed by atoms with Crippen molar-refractivity contribution in [1.29, 1.82) is 0 Å². The van der Waals surface area contributed by atoms with Gasteiger partial charge >= 0.3 is 5.69 Å². The van der Waals surface area contributed by atoms with Gasteiger partial charge in [0.25, 0.3) is 0 Å². The van der Waals surface area contributed by atoms with Gasteiger partial charge in [-0.3, -0.25) is 0 Å². The van der Waals surface area contributed by atoms with Crippen molar-refractivity contribution in [2.24, 2.45) is 0 Å². The summed E-state index contributed by atoms with van der Waals surface area (Å²) in [7, 11) is 0. The second kappa shape index (κ2) is 4.98. The molecule has 0 aliphatic heterocycles. The van der Waals surface area contributed by atoms with Crippen LogP contribution in [0.5, 0.6) is 0 Å². The van der Waals surface area contributed by atoms with E-state index in [2.05, 4.69) is 23.8 Å². The molecule has 68 valence electrons. The van der Waals surface area contributed by atoms with Gasteiger partial charge in [-0.15, -0.1) is 11.8 Å². The van der Waals surface area contributed by atoms with E-state index in [0.29, 0.717) is 5.25 Å². The van der Waals surface area contributed by atoms with Crippen LogP contribution in [0, 0.1) is 0 Å². The largest absolute Gasteiger partial charge is 0.345 e. The molecule has 0 radical (unpaired) electrons. The molecular weight excluding hydrogens is 172 g/mol. The van der Waals surface area contributed by atoms with E-state index in [1.807, 2.05) is 0 Å². The Morgan fingerprint density at radius 1 is 1.58 bits per heavy atom. The zero-order valence-corrected chi connectivity index (χ0v) is 7.31.